The molecule has 0 spiro atoms. The molecule has 0 saturated heterocycles. The molecule has 0 N–H and O–H groups in total. The van der Waals surface area contributed by atoms with Crippen molar-refractivity contribution < 1.29 is 24.0 Å². The average molecular weight is 243 g/mol. The summed E-state index contributed by atoms with van der Waals surface area (Å²) in [7, 11) is 2.80. The number of ketones is 1. The summed E-state index contributed by atoms with van der Waals surface area (Å²) in [5.41, 5.74) is -1.06. The second-order valence-electron chi connectivity index (χ2n) is 3.97. The lowest BCUT2D eigenvalue weighted by Crippen LogP contribution is -2.38. The van der Waals surface area contributed by atoms with Crippen molar-refractivity contribution in [1.29, 1.82) is 0 Å². The summed E-state index contributed by atoms with van der Waals surface area (Å²) in [6.07, 6.45) is 0.590. The average Bonchev–Trinajstić information content (AvgIpc) is 3.08. The van der Waals surface area contributed by atoms with Gasteiger partial charge in [-0.1, -0.05) is 0 Å². The molecular weight excluding hydrogens is 226 g/mol. The van der Waals surface area contributed by atoms with Crippen LogP contribution in [0.3, 0.4) is 0 Å². The first-order chi connectivity index (χ1) is 7.97. The zero-order valence-corrected chi connectivity index (χ0v) is 10.3. The van der Waals surface area contributed by atoms with Gasteiger partial charge in [-0.05, 0) is 19.8 Å². The summed E-state index contributed by atoms with van der Waals surface area (Å²) in [4.78, 5) is 39.7. The fraction of sp³-hybridized carbons (Fsp3) is 0.727. The number of rotatable bonds is 6. The third kappa shape index (κ3) is 2.82. The van der Waals surface area contributed by atoms with Gasteiger partial charge in [-0.3, -0.25) is 19.2 Å². The van der Waals surface area contributed by atoms with Crippen molar-refractivity contribution in [2.45, 2.75) is 26.2 Å². The van der Waals surface area contributed by atoms with E-state index in [-0.39, 0.29) is 18.8 Å². The largest absolute Gasteiger partial charge is 0.466 e. The van der Waals surface area contributed by atoms with E-state index in [0.717, 1.165) is 5.06 Å². The number of nitrogens with zero attached hydrogens (tertiary/aromatic N) is 1. The van der Waals surface area contributed by atoms with Gasteiger partial charge in [0.2, 0.25) is 0 Å². The summed E-state index contributed by atoms with van der Waals surface area (Å²) in [6, 6.07) is 0. The smallest absolute Gasteiger partial charge is 0.313 e. The Balaban J connectivity index is 2.62. The van der Waals surface area contributed by atoms with Gasteiger partial charge < -0.3 is 4.74 Å². The molecule has 0 heterocycles. The third-order valence-electron chi connectivity index (χ3n) is 2.86. The molecule has 1 aliphatic carbocycles. The van der Waals surface area contributed by atoms with Crippen molar-refractivity contribution in [2.75, 3.05) is 20.8 Å². The number of hydroxylamine groups is 2. The normalized spacial score (nSPS) is 16.2. The van der Waals surface area contributed by atoms with E-state index in [1.165, 1.54) is 14.2 Å². The SMILES string of the molecule is CCOC(=O)CC(=O)C1(C(=O)N(C)OC)CC1. The van der Waals surface area contributed by atoms with Crippen LogP contribution in [0, 0.1) is 5.41 Å². The predicted octanol–water partition coefficient (Wildman–Crippen LogP) is 0.309. The van der Waals surface area contributed by atoms with E-state index in [4.69, 9.17) is 4.84 Å². The molecule has 0 aliphatic heterocycles. The highest BCUT2D eigenvalue weighted by Crippen LogP contribution is 2.48. The molecular formula is C11H17NO5. The lowest BCUT2D eigenvalue weighted by Gasteiger charge is -2.19. The van der Waals surface area contributed by atoms with Crippen LogP contribution in [0.5, 0.6) is 0 Å². The molecule has 0 aromatic rings. The van der Waals surface area contributed by atoms with E-state index in [2.05, 4.69) is 4.74 Å². The molecule has 0 unspecified atom stereocenters. The van der Waals surface area contributed by atoms with Gasteiger partial charge >= 0.3 is 5.97 Å². The summed E-state index contributed by atoms with van der Waals surface area (Å²) in [6.45, 7) is 1.89. The van der Waals surface area contributed by atoms with Crippen LogP contribution in [0.4, 0.5) is 0 Å². The van der Waals surface area contributed by atoms with Crippen LogP contribution in [-0.4, -0.2) is 43.5 Å². The number of amides is 1. The number of Topliss-reactive ketones (excluding diaryl/α,β-unsaturated/α-hetero) is 1. The Kier molecular flexibility index (Phi) is 4.22. The van der Waals surface area contributed by atoms with Gasteiger partial charge in [0.05, 0.1) is 13.7 Å². The lowest BCUT2D eigenvalue weighted by molar-refractivity contribution is -0.176. The van der Waals surface area contributed by atoms with Gasteiger partial charge in [-0.2, -0.15) is 0 Å². The number of hydrogen-bond acceptors (Lipinski definition) is 5. The van der Waals surface area contributed by atoms with E-state index in [1.807, 2.05) is 0 Å². The predicted molar refractivity (Wildman–Crippen MR) is 57.7 cm³/mol. The maximum atomic E-state index is 11.9. The van der Waals surface area contributed by atoms with Crippen molar-refractivity contribution in [3.63, 3.8) is 0 Å². The zero-order chi connectivity index (χ0) is 13.1. The van der Waals surface area contributed by atoms with Crippen LogP contribution in [0.1, 0.15) is 26.2 Å². The van der Waals surface area contributed by atoms with Crippen molar-refractivity contribution in [2.24, 2.45) is 5.41 Å². The van der Waals surface area contributed by atoms with Gasteiger partial charge in [-0.25, -0.2) is 5.06 Å². The molecule has 6 nitrogen and oxygen atoms in total. The van der Waals surface area contributed by atoms with Gasteiger partial charge in [0.25, 0.3) is 5.91 Å². The van der Waals surface area contributed by atoms with Crippen LogP contribution in [0.25, 0.3) is 0 Å². The summed E-state index contributed by atoms with van der Waals surface area (Å²) in [5.74, 6) is -1.37. The van der Waals surface area contributed by atoms with Crippen molar-refractivity contribution >= 4 is 17.7 Å². The Morgan fingerprint density at radius 2 is 1.88 bits per heavy atom. The molecule has 0 radical (unpaired) electrons. The van der Waals surface area contributed by atoms with E-state index < -0.39 is 17.3 Å². The van der Waals surface area contributed by atoms with E-state index in [0.29, 0.717) is 12.8 Å². The molecule has 1 rings (SSSR count). The van der Waals surface area contributed by atoms with Crippen LogP contribution < -0.4 is 0 Å². The van der Waals surface area contributed by atoms with Gasteiger partial charge in [0, 0.05) is 7.05 Å². The van der Waals surface area contributed by atoms with Crippen molar-refractivity contribution in [3.8, 4) is 0 Å². The van der Waals surface area contributed by atoms with Gasteiger partial charge in [0.1, 0.15) is 11.8 Å². The molecule has 1 fully saturated rings. The lowest BCUT2D eigenvalue weighted by atomic mass is 9.97. The number of esters is 1. The Labute approximate surface area is 99.8 Å². The summed E-state index contributed by atoms with van der Waals surface area (Å²) in [5, 5.41) is 1.02. The fourth-order valence-electron chi connectivity index (χ4n) is 1.63. The maximum absolute atomic E-state index is 11.9. The van der Waals surface area contributed by atoms with Gasteiger partial charge in [0.15, 0.2) is 5.78 Å². The van der Waals surface area contributed by atoms with Crippen LogP contribution in [-0.2, 0) is 24.0 Å². The quantitative estimate of drug-likeness (QED) is 0.381. The van der Waals surface area contributed by atoms with E-state index >= 15 is 0 Å². The molecule has 96 valence electrons. The standard InChI is InChI=1S/C11H17NO5/c1-4-17-9(14)7-8(13)11(5-6-11)10(15)12(2)16-3/h4-7H2,1-3H3. The molecule has 1 amide bonds. The molecule has 1 saturated carbocycles. The third-order valence-corrected chi connectivity index (χ3v) is 2.86. The summed E-state index contributed by atoms with van der Waals surface area (Å²) >= 11 is 0. The molecule has 6 heteroatoms. The Morgan fingerprint density at radius 1 is 1.29 bits per heavy atom. The van der Waals surface area contributed by atoms with E-state index in [9.17, 15) is 14.4 Å². The first kappa shape index (κ1) is 13.6. The minimum absolute atomic E-state index is 0.227. The molecule has 0 bridgehead atoms. The monoisotopic (exact) mass is 243 g/mol. The topological polar surface area (TPSA) is 72.9 Å². The fourth-order valence-corrected chi connectivity index (χ4v) is 1.63. The number of ether oxygens (including phenoxy) is 1. The molecule has 1 aliphatic rings. The molecule has 0 aromatic heterocycles. The van der Waals surface area contributed by atoms with Crippen molar-refractivity contribution in [3.05, 3.63) is 0 Å². The Morgan fingerprint density at radius 3 is 2.29 bits per heavy atom. The van der Waals surface area contributed by atoms with Gasteiger partial charge in [-0.15, -0.1) is 0 Å². The van der Waals surface area contributed by atoms with E-state index in [1.54, 1.807) is 6.92 Å². The first-order valence-corrected chi connectivity index (χ1v) is 5.49. The number of carbonyl (C=O) groups excluding carboxylic acids is 3. The highest BCUT2D eigenvalue weighted by Gasteiger charge is 2.57. The number of hydrogen-bond donors (Lipinski definition) is 0. The number of carbonyl (C=O) groups is 3. The molecule has 0 atom stereocenters. The highest BCUT2D eigenvalue weighted by atomic mass is 16.7. The minimum atomic E-state index is -1.06. The maximum Gasteiger partial charge on any atom is 0.313 e. The second kappa shape index (κ2) is 5.27. The first-order valence-electron chi connectivity index (χ1n) is 5.49. The second-order valence-corrected chi connectivity index (χ2v) is 3.97. The Bertz CT molecular complexity index is 335. The Hall–Kier alpha value is -1.43. The van der Waals surface area contributed by atoms with Crippen LogP contribution in [0.15, 0.2) is 0 Å². The molecule has 0 aromatic carbocycles. The zero-order valence-electron chi connectivity index (χ0n) is 10.3. The molecule has 17 heavy (non-hydrogen) atoms. The van der Waals surface area contributed by atoms with Crippen molar-refractivity contribution in [1.82, 2.24) is 5.06 Å². The highest BCUT2D eigenvalue weighted by molar-refractivity contribution is 6.13. The summed E-state index contributed by atoms with van der Waals surface area (Å²) < 4.78 is 4.69. The van der Waals surface area contributed by atoms with Crippen LogP contribution >= 0.6 is 0 Å². The van der Waals surface area contributed by atoms with Crippen LogP contribution in [0.2, 0.25) is 0 Å². The minimum Gasteiger partial charge on any atom is -0.466 e.